The van der Waals surface area contributed by atoms with Crippen molar-refractivity contribution in [3.8, 4) is 11.5 Å². The highest BCUT2D eigenvalue weighted by atomic mass is 16.5. The first-order valence-corrected chi connectivity index (χ1v) is 9.50. The minimum absolute atomic E-state index is 0.0151. The lowest BCUT2D eigenvalue weighted by Crippen LogP contribution is -2.30. The SMILES string of the molecule is CCOc1c(/C=N\NC(=O)c2cccn(Cc3ccccc3)c2=O)cccc1OC. The van der Waals surface area contributed by atoms with Crippen molar-refractivity contribution in [2.24, 2.45) is 5.10 Å². The predicted octanol–water partition coefficient (Wildman–Crippen LogP) is 3.07. The zero-order valence-electron chi connectivity index (χ0n) is 16.9. The van der Waals surface area contributed by atoms with Gasteiger partial charge in [-0.2, -0.15) is 5.10 Å². The van der Waals surface area contributed by atoms with Crippen LogP contribution in [-0.2, 0) is 6.54 Å². The number of rotatable bonds is 8. The molecule has 7 nitrogen and oxygen atoms in total. The van der Waals surface area contributed by atoms with E-state index in [1.54, 1.807) is 37.6 Å². The summed E-state index contributed by atoms with van der Waals surface area (Å²) in [6, 6.07) is 18.1. The van der Waals surface area contributed by atoms with Crippen LogP contribution in [0.4, 0.5) is 0 Å². The number of aromatic nitrogens is 1. The molecule has 3 rings (SSSR count). The summed E-state index contributed by atoms with van der Waals surface area (Å²) >= 11 is 0. The molecule has 1 N–H and O–H groups in total. The zero-order chi connectivity index (χ0) is 21.3. The van der Waals surface area contributed by atoms with Gasteiger partial charge in [0.05, 0.1) is 26.5 Å². The average molecular weight is 405 g/mol. The summed E-state index contributed by atoms with van der Waals surface area (Å²) in [6.45, 7) is 2.70. The Kier molecular flexibility index (Phi) is 7.00. The molecular formula is C23H23N3O4. The van der Waals surface area contributed by atoms with Crippen molar-refractivity contribution in [3.05, 3.63) is 93.9 Å². The van der Waals surface area contributed by atoms with Crippen LogP contribution in [0.15, 0.2) is 76.8 Å². The maximum absolute atomic E-state index is 12.7. The highest BCUT2D eigenvalue weighted by Crippen LogP contribution is 2.29. The lowest BCUT2D eigenvalue weighted by molar-refractivity contribution is 0.0953. The Balaban J connectivity index is 1.76. The number of carbonyl (C=O) groups excluding carboxylic acids is 1. The maximum Gasteiger partial charge on any atom is 0.276 e. The van der Waals surface area contributed by atoms with Gasteiger partial charge in [0.1, 0.15) is 5.56 Å². The van der Waals surface area contributed by atoms with Crippen molar-refractivity contribution in [1.29, 1.82) is 0 Å². The molecule has 7 heteroatoms. The summed E-state index contributed by atoms with van der Waals surface area (Å²) < 4.78 is 12.4. The first-order valence-electron chi connectivity index (χ1n) is 9.50. The largest absolute Gasteiger partial charge is 0.493 e. The zero-order valence-corrected chi connectivity index (χ0v) is 16.9. The van der Waals surface area contributed by atoms with Gasteiger partial charge < -0.3 is 14.0 Å². The third-order valence-electron chi connectivity index (χ3n) is 4.35. The number of methoxy groups -OCH3 is 1. The van der Waals surface area contributed by atoms with Gasteiger partial charge >= 0.3 is 0 Å². The van der Waals surface area contributed by atoms with Gasteiger partial charge in [-0.1, -0.05) is 36.4 Å². The fraction of sp³-hybridized carbons (Fsp3) is 0.174. The molecule has 0 aliphatic heterocycles. The molecule has 0 aliphatic rings. The molecule has 0 fully saturated rings. The van der Waals surface area contributed by atoms with Gasteiger partial charge in [-0.05, 0) is 36.8 Å². The quantitative estimate of drug-likeness (QED) is 0.461. The molecule has 0 atom stereocenters. The Labute approximate surface area is 174 Å². The Bertz CT molecular complexity index is 1090. The van der Waals surface area contributed by atoms with E-state index in [2.05, 4.69) is 10.5 Å². The molecule has 0 saturated heterocycles. The van der Waals surface area contributed by atoms with Crippen LogP contribution >= 0.6 is 0 Å². The molecule has 30 heavy (non-hydrogen) atoms. The lowest BCUT2D eigenvalue weighted by Gasteiger charge is -2.11. The van der Waals surface area contributed by atoms with Gasteiger partial charge in [0.25, 0.3) is 11.5 Å². The number of hydrogen-bond acceptors (Lipinski definition) is 5. The van der Waals surface area contributed by atoms with E-state index in [4.69, 9.17) is 9.47 Å². The van der Waals surface area contributed by atoms with Gasteiger partial charge in [0, 0.05) is 11.8 Å². The standard InChI is InChI=1S/C23H23N3O4/c1-3-30-21-18(11-7-13-20(21)29-2)15-24-25-22(27)19-12-8-14-26(23(19)28)16-17-9-5-4-6-10-17/h4-15H,3,16H2,1-2H3,(H,25,27)/b24-15-. The number of nitrogens with one attached hydrogen (secondary N) is 1. The lowest BCUT2D eigenvalue weighted by atomic mass is 10.2. The number of amides is 1. The summed E-state index contributed by atoms with van der Waals surface area (Å²) in [5, 5.41) is 3.98. The summed E-state index contributed by atoms with van der Waals surface area (Å²) in [5.74, 6) is 0.518. The molecule has 0 saturated carbocycles. The van der Waals surface area contributed by atoms with Crippen LogP contribution < -0.4 is 20.5 Å². The second-order valence-corrected chi connectivity index (χ2v) is 6.35. The van der Waals surface area contributed by atoms with Crippen molar-refractivity contribution >= 4 is 12.1 Å². The number of pyridine rings is 1. The van der Waals surface area contributed by atoms with Gasteiger partial charge in [-0.3, -0.25) is 9.59 Å². The normalized spacial score (nSPS) is 10.7. The van der Waals surface area contributed by atoms with Crippen LogP contribution in [0.3, 0.4) is 0 Å². The van der Waals surface area contributed by atoms with E-state index >= 15 is 0 Å². The van der Waals surface area contributed by atoms with Crippen molar-refractivity contribution in [1.82, 2.24) is 9.99 Å². The number of hydrogen-bond donors (Lipinski definition) is 1. The Morgan fingerprint density at radius 3 is 2.63 bits per heavy atom. The molecule has 0 aliphatic carbocycles. The molecule has 3 aromatic rings. The van der Waals surface area contributed by atoms with E-state index < -0.39 is 5.91 Å². The fourth-order valence-electron chi connectivity index (χ4n) is 2.93. The molecule has 1 heterocycles. The molecule has 0 spiro atoms. The summed E-state index contributed by atoms with van der Waals surface area (Å²) in [6.07, 6.45) is 3.11. The highest BCUT2D eigenvalue weighted by Gasteiger charge is 2.12. The van der Waals surface area contributed by atoms with Crippen LogP contribution in [0.1, 0.15) is 28.4 Å². The number of ether oxygens (including phenoxy) is 2. The van der Waals surface area contributed by atoms with Crippen molar-refractivity contribution in [2.75, 3.05) is 13.7 Å². The van der Waals surface area contributed by atoms with Crippen molar-refractivity contribution < 1.29 is 14.3 Å². The van der Waals surface area contributed by atoms with E-state index in [1.807, 2.05) is 37.3 Å². The third kappa shape index (κ3) is 4.94. The minimum atomic E-state index is -0.584. The monoisotopic (exact) mass is 405 g/mol. The molecule has 154 valence electrons. The van der Waals surface area contributed by atoms with Gasteiger partial charge in [-0.25, -0.2) is 5.43 Å². The maximum atomic E-state index is 12.7. The van der Waals surface area contributed by atoms with E-state index in [-0.39, 0.29) is 11.1 Å². The summed E-state index contributed by atoms with van der Waals surface area (Å²) in [7, 11) is 1.55. The van der Waals surface area contributed by atoms with Gasteiger partial charge in [-0.15, -0.1) is 0 Å². The van der Waals surface area contributed by atoms with Crippen LogP contribution in [0.5, 0.6) is 11.5 Å². The van der Waals surface area contributed by atoms with Gasteiger partial charge in [0.2, 0.25) is 0 Å². The predicted molar refractivity (Wildman–Crippen MR) is 115 cm³/mol. The molecular weight excluding hydrogens is 382 g/mol. The first-order chi connectivity index (χ1) is 14.6. The molecule has 1 amide bonds. The summed E-state index contributed by atoms with van der Waals surface area (Å²) in [5.41, 5.74) is 3.65. The number of carbonyl (C=O) groups is 1. The molecule has 2 aromatic carbocycles. The van der Waals surface area contributed by atoms with Crippen LogP contribution in [0.25, 0.3) is 0 Å². The van der Waals surface area contributed by atoms with E-state index in [0.717, 1.165) is 5.56 Å². The molecule has 1 aromatic heterocycles. The van der Waals surface area contributed by atoms with Crippen molar-refractivity contribution in [3.63, 3.8) is 0 Å². The van der Waals surface area contributed by atoms with E-state index in [1.165, 1.54) is 16.8 Å². The number of para-hydroxylation sites is 1. The third-order valence-corrected chi connectivity index (χ3v) is 4.35. The smallest absolute Gasteiger partial charge is 0.276 e. The fourth-order valence-corrected chi connectivity index (χ4v) is 2.93. The van der Waals surface area contributed by atoms with Crippen LogP contribution in [0, 0.1) is 0 Å². The Morgan fingerprint density at radius 2 is 1.90 bits per heavy atom. The van der Waals surface area contributed by atoms with E-state index in [9.17, 15) is 9.59 Å². The first kappa shape index (κ1) is 20.9. The van der Waals surface area contributed by atoms with Crippen molar-refractivity contribution in [2.45, 2.75) is 13.5 Å². The number of nitrogens with zero attached hydrogens (tertiary/aromatic N) is 2. The topological polar surface area (TPSA) is 81.9 Å². The Hall–Kier alpha value is -3.87. The second kappa shape index (κ2) is 10.1. The van der Waals surface area contributed by atoms with Crippen LogP contribution in [-0.4, -0.2) is 30.4 Å². The van der Waals surface area contributed by atoms with E-state index in [0.29, 0.717) is 30.2 Å². The average Bonchev–Trinajstić information content (AvgIpc) is 2.77. The van der Waals surface area contributed by atoms with Gasteiger partial charge in [0.15, 0.2) is 11.5 Å². The minimum Gasteiger partial charge on any atom is -0.493 e. The number of benzene rings is 2. The van der Waals surface area contributed by atoms with Crippen LogP contribution in [0.2, 0.25) is 0 Å². The molecule has 0 radical (unpaired) electrons. The summed E-state index contributed by atoms with van der Waals surface area (Å²) in [4.78, 5) is 25.2. The number of hydrazone groups is 1. The second-order valence-electron chi connectivity index (χ2n) is 6.35. The molecule has 0 bridgehead atoms. The highest BCUT2D eigenvalue weighted by molar-refractivity contribution is 5.94. The Morgan fingerprint density at radius 1 is 1.10 bits per heavy atom. The molecule has 0 unspecified atom stereocenters.